The van der Waals surface area contributed by atoms with Gasteiger partial charge in [-0.05, 0) is 56.4 Å². The monoisotopic (exact) mass is 422 g/mol. The van der Waals surface area contributed by atoms with Crippen LogP contribution in [0.15, 0.2) is 11.6 Å². The molecule has 7 unspecified atom stereocenters. The van der Waals surface area contributed by atoms with Gasteiger partial charge in [0.15, 0.2) is 0 Å². The number of fused-ring (bicyclic) bond motifs is 1. The molecule has 0 bridgehead atoms. The number of hydrogen-bond acceptors (Lipinski definition) is 7. The first-order valence-corrected chi connectivity index (χ1v) is 11.3. The first-order chi connectivity index (χ1) is 14.4. The predicted octanol–water partition coefficient (Wildman–Crippen LogP) is -0.0555. The van der Waals surface area contributed by atoms with Gasteiger partial charge < -0.3 is 30.7 Å². The Hall–Kier alpha value is -1.48. The minimum atomic E-state index is -1.36. The molecule has 8 heteroatoms. The number of carbonyl (C=O) groups is 2. The maximum atomic E-state index is 13.0. The van der Waals surface area contributed by atoms with Crippen molar-refractivity contribution in [3.05, 3.63) is 11.6 Å². The molecule has 1 saturated heterocycles. The second kappa shape index (κ2) is 8.94. The van der Waals surface area contributed by atoms with E-state index in [-0.39, 0.29) is 17.9 Å². The zero-order valence-electron chi connectivity index (χ0n) is 17.4. The molecular weight excluding hydrogens is 388 g/mol. The number of nitrogens with two attached hydrogens (primary N) is 1. The Morgan fingerprint density at radius 2 is 1.80 bits per heavy atom. The molecule has 4 aliphatic rings. The fraction of sp³-hybridized carbons (Fsp3) is 0.818. The molecule has 7 atom stereocenters. The molecule has 0 radical (unpaired) electrons. The van der Waals surface area contributed by atoms with Crippen molar-refractivity contribution >= 4 is 11.9 Å². The maximum absolute atomic E-state index is 13.0. The molecule has 8 nitrogen and oxygen atoms in total. The molecule has 168 valence electrons. The highest BCUT2D eigenvalue weighted by molar-refractivity contribution is 6.16. The van der Waals surface area contributed by atoms with Crippen LogP contribution in [0.5, 0.6) is 0 Å². The second-order valence-electron chi connectivity index (χ2n) is 9.56. The molecule has 0 aromatic heterocycles. The smallest absolute Gasteiger partial charge is 0.343 e. The van der Waals surface area contributed by atoms with Gasteiger partial charge in [0, 0.05) is 19.0 Å². The molecule has 2 aliphatic heterocycles. The number of carbonyl (C=O) groups excluding carboxylic acids is 2. The molecule has 1 amide bonds. The van der Waals surface area contributed by atoms with Crippen molar-refractivity contribution in [2.24, 2.45) is 29.4 Å². The van der Waals surface area contributed by atoms with Gasteiger partial charge in [-0.1, -0.05) is 18.9 Å². The zero-order chi connectivity index (χ0) is 21.4. The van der Waals surface area contributed by atoms with Crippen LogP contribution in [0, 0.1) is 23.7 Å². The van der Waals surface area contributed by atoms with Gasteiger partial charge in [-0.2, -0.15) is 0 Å². The molecule has 0 aromatic carbocycles. The SMILES string of the molecule is NCC1CCCC(C2CCN(C(=O)C3=CC4CC(O)C(O)C(O)C4OC3=O)CC2)C1. The number of likely N-dealkylation sites (tertiary alicyclic amines) is 1. The van der Waals surface area contributed by atoms with E-state index in [0.717, 1.165) is 19.4 Å². The number of aliphatic hydroxyl groups excluding tert-OH is 3. The number of piperidine rings is 1. The van der Waals surface area contributed by atoms with Crippen molar-refractivity contribution in [1.82, 2.24) is 4.90 Å². The van der Waals surface area contributed by atoms with Crippen LogP contribution >= 0.6 is 0 Å². The van der Waals surface area contributed by atoms with E-state index in [9.17, 15) is 24.9 Å². The lowest BCUT2D eigenvalue weighted by molar-refractivity contribution is -0.184. The first-order valence-electron chi connectivity index (χ1n) is 11.3. The maximum Gasteiger partial charge on any atom is 0.343 e. The third kappa shape index (κ3) is 4.15. The zero-order valence-corrected chi connectivity index (χ0v) is 17.4. The van der Waals surface area contributed by atoms with Crippen molar-refractivity contribution in [2.45, 2.75) is 69.4 Å². The third-order valence-electron chi connectivity index (χ3n) is 7.74. The average molecular weight is 423 g/mol. The van der Waals surface area contributed by atoms with E-state index in [2.05, 4.69) is 0 Å². The highest BCUT2D eigenvalue weighted by Crippen LogP contribution is 2.39. The number of ether oxygens (including phenoxy) is 1. The average Bonchev–Trinajstić information content (AvgIpc) is 2.77. The Morgan fingerprint density at radius 3 is 2.50 bits per heavy atom. The Balaban J connectivity index is 1.38. The Labute approximate surface area is 177 Å². The van der Waals surface area contributed by atoms with Crippen LogP contribution in [0.4, 0.5) is 0 Å². The second-order valence-corrected chi connectivity index (χ2v) is 9.56. The molecule has 2 aliphatic carbocycles. The molecular formula is C22H34N2O6. The lowest BCUT2D eigenvalue weighted by Gasteiger charge is -2.42. The molecule has 2 heterocycles. The van der Waals surface area contributed by atoms with Crippen LogP contribution in [0.2, 0.25) is 0 Å². The lowest BCUT2D eigenvalue weighted by Crippen LogP contribution is -2.56. The van der Waals surface area contributed by atoms with Gasteiger partial charge in [0.25, 0.3) is 5.91 Å². The van der Waals surface area contributed by atoms with E-state index in [1.165, 1.54) is 31.8 Å². The highest BCUT2D eigenvalue weighted by Gasteiger charge is 2.48. The molecule has 2 saturated carbocycles. The standard InChI is InChI=1S/C22H34N2O6/c23-11-12-2-1-3-14(8-12)13-4-6-24(7-5-13)21(28)16-9-15-10-17(25)18(26)19(27)20(15)30-22(16)29/h9,12-15,17-20,25-27H,1-8,10-11,23H2. The summed E-state index contributed by atoms with van der Waals surface area (Å²) in [6.45, 7) is 2.00. The van der Waals surface area contributed by atoms with Gasteiger partial charge in [-0.15, -0.1) is 0 Å². The van der Waals surface area contributed by atoms with Gasteiger partial charge in [-0.3, -0.25) is 4.79 Å². The van der Waals surface area contributed by atoms with E-state index < -0.39 is 36.3 Å². The predicted molar refractivity (Wildman–Crippen MR) is 108 cm³/mol. The summed E-state index contributed by atoms with van der Waals surface area (Å²) >= 11 is 0. The summed E-state index contributed by atoms with van der Waals surface area (Å²) < 4.78 is 5.30. The van der Waals surface area contributed by atoms with Crippen molar-refractivity contribution in [3.63, 3.8) is 0 Å². The molecule has 3 fully saturated rings. The van der Waals surface area contributed by atoms with Crippen molar-refractivity contribution in [3.8, 4) is 0 Å². The summed E-state index contributed by atoms with van der Waals surface area (Å²) in [4.78, 5) is 27.2. The third-order valence-corrected chi connectivity index (χ3v) is 7.74. The van der Waals surface area contributed by atoms with Crippen LogP contribution in [-0.4, -0.2) is 76.1 Å². The van der Waals surface area contributed by atoms with Gasteiger partial charge >= 0.3 is 5.97 Å². The molecule has 4 rings (SSSR count). The van der Waals surface area contributed by atoms with Crippen LogP contribution in [0.3, 0.4) is 0 Å². The largest absolute Gasteiger partial charge is 0.455 e. The fourth-order valence-electron chi connectivity index (χ4n) is 5.89. The molecule has 30 heavy (non-hydrogen) atoms. The molecule has 0 aromatic rings. The number of esters is 1. The summed E-state index contributed by atoms with van der Waals surface area (Å²) in [5, 5.41) is 29.9. The lowest BCUT2D eigenvalue weighted by atomic mass is 9.72. The van der Waals surface area contributed by atoms with Gasteiger partial charge in [-0.25, -0.2) is 4.79 Å². The van der Waals surface area contributed by atoms with Crippen LogP contribution in [0.25, 0.3) is 0 Å². The minimum Gasteiger partial charge on any atom is -0.455 e. The van der Waals surface area contributed by atoms with E-state index >= 15 is 0 Å². The Morgan fingerprint density at radius 1 is 1.07 bits per heavy atom. The highest BCUT2D eigenvalue weighted by atomic mass is 16.6. The van der Waals surface area contributed by atoms with E-state index in [1.54, 1.807) is 4.90 Å². The first kappa shape index (κ1) is 21.7. The quantitative estimate of drug-likeness (QED) is 0.370. The van der Waals surface area contributed by atoms with Gasteiger partial charge in [0.05, 0.1) is 6.10 Å². The number of aliphatic hydroxyl groups is 3. The Kier molecular flexibility index (Phi) is 6.48. The van der Waals surface area contributed by atoms with Gasteiger partial charge in [0.1, 0.15) is 23.9 Å². The fourth-order valence-corrected chi connectivity index (χ4v) is 5.89. The summed E-state index contributed by atoms with van der Waals surface area (Å²) in [5.74, 6) is 0.326. The summed E-state index contributed by atoms with van der Waals surface area (Å²) in [6.07, 6.45) is 3.66. The van der Waals surface area contributed by atoms with Crippen molar-refractivity contribution < 1.29 is 29.6 Å². The van der Waals surface area contributed by atoms with Crippen LogP contribution < -0.4 is 5.73 Å². The van der Waals surface area contributed by atoms with Crippen LogP contribution in [-0.2, 0) is 14.3 Å². The number of hydrogen-bond donors (Lipinski definition) is 4. The Bertz CT molecular complexity index is 689. The molecule has 5 N–H and O–H groups in total. The van der Waals surface area contributed by atoms with Gasteiger partial charge in [0.2, 0.25) is 0 Å². The summed E-state index contributed by atoms with van der Waals surface area (Å²) in [7, 11) is 0. The van der Waals surface area contributed by atoms with Crippen molar-refractivity contribution in [1.29, 1.82) is 0 Å². The van der Waals surface area contributed by atoms with Crippen LogP contribution in [0.1, 0.15) is 44.9 Å². The normalized spacial score (nSPS) is 40.4. The number of rotatable bonds is 3. The molecule has 0 spiro atoms. The summed E-state index contributed by atoms with van der Waals surface area (Å²) in [5.41, 5.74) is 5.85. The topological polar surface area (TPSA) is 133 Å². The summed E-state index contributed by atoms with van der Waals surface area (Å²) in [6, 6.07) is 0. The van der Waals surface area contributed by atoms with Crippen molar-refractivity contribution in [2.75, 3.05) is 19.6 Å². The van der Waals surface area contributed by atoms with E-state index in [0.29, 0.717) is 30.8 Å². The number of amides is 1. The van der Waals surface area contributed by atoms with E-state index in [4.69, 9.17) is 10.5 Å². The van der Waals surface area contributed by atoms with E-state index in [1.807, 2.05) is 0 Å². The number of nitrogens with zero attached hydrogens (tertiary/aromatic N) is 1. The minimum absolute atomic E-state index is 0.0219.